The first-order valence-electron chi connectivity index (χ1n) is 8.37. The van der Waals surface area contributed by atoms with Crippen LogP contribution in [-0.4, -0.2) is 28.7 Å². The largest absolute Gasteiger partial charge is 0.506 e. The summed E-state index contributed by atoms with van der Waals surface area (Å²) in [5.74, 6) is 0.0596. The maximum Gasteiger partial charge on any atom is 0.271 e. The number of nitrogens with zero attached hydrogens (tertiary/aromatic N) is 2. The number of thiophene rings is 1. The number of phenols is 1. The molecule has 0 spiro atoms. The maximum atomic E-state index is 12.9. The average Bonchev–Trinajstić information content (AvgIpc) is 3.37. The number of aromatic hydroxyl groups is 1. The van der Waals surface area contributed by atoms with E-state index in [-0.39, 0.29) is 9.96 Å². The molecule has 0 bridgehead atoms. The molecule has 0 saturated heterocycles. The van der Waals surface area contributed by atoms with E-state index >= 15 is 0 Å². The molecule has 0 fully saturated rings. The third-order valence-electron chi connectivity index (χ3n) is 4.08. The number of benzene rings is 2. The van der Waals surface area contributed by atoms with Crippen LogP contribution in [0, 0.1) is 0 Å². The summed E-state index contributed by atoms with van der Waals surface area (Å²) < 4.78 is 28.7. The molecule has 0 aliphatic rings. The van der Waals surface area contributed by atoms with Crippen LogP contribution < -0.4 is 4.72 Å². The van der Waals surface area contributed by atoms with Crippen LogP contribution in [-0.2, 0) is 16.4 Å². The number of rotatable bonds is 6. The number of aryl methyl sites for hydroxylation is 1. The number of sulfonamides is 1. The van der Waals surface area contributed by atoms with Crippen LogP contribution in [0.5, 0.6) is 5.75 Å². The van der Waals surface area contributed by atoms with Gasteiger partial charge in [-0.1, -0.05) is 31.2 Å². The van der Waals surface area contributed by atoms with Gasteiger partial charge in [0.15, 0.2) is 5.16 Å². The van der Waals surface area contributed by atoms with Crippen molar-refractivity contribution in [3.8, 4) is 5.75 Å². The summed E-state index contributed by atoms with van der Waals surface area (Å²) in [6, 6.07) is 12.1. The Morgan fingerprint density at radius 3 is 2.68 bits per heavy atom. The van der Waals surface area contributed by atoms with Crippen molar-refractivity contribution in [2.24, 2.45) is 0 Å². The van der Waals surface area contributed by atoms with E-state index in [1.807, 2.05) is 13.0 Å². The fourth-order valence-corrected chi connectivity index (χ4v) is 5.89. The highest BCUT2D eigenvalue weighted by Crippen LogP contribution is 2.42. The van der Waals surface area contributed by atoms with E-state index in [0.717, 1.165) is 11.3 Å². The molecule has 0 aliphatic carbocycles. The third kappa shape index (κ3) is 3.58. The Morgan fingerprint density at radius 1 is 1.21 bits per heavy atom. The van der Waals surface area contributed by atoms with Crippen molar-refractivity contribution in [1.29, 1.82) is 0 Å². The van der Waals surface area contributed by atoms with E-state index in [1.54, 1.807) is 36.4 Å². The number of fused-ring (bicyclic) bond motifs is 1. The summed E-state index contributed by atoms with van der Waals surface area (Å²) >= 11 is 2.42. The molecule has 0 radical (unpaired) electrons. The highest BCUT2D eigenvalue weighted by molar-refractivity contribution is 7.99. The lowest BCUT2D eigenvalue weighted by Crippen LogP contribution is -2.12. The van der Waals surface area contributed by atoms with Crippen LogP contribution in [0.1, 0.15) is 11.8 Å². The molecule has 7 nitrogen and oxygen atoms in total. The van der Waals surface area contributed by atoms with Crippen molar-refractivity contribution in [1.82, 2.24) is 15.2 Å². The van der Waals surface area contributed by atoms with Gasteiger partial charge in [-0.2, -0.15) is 5.10 Å². The van der Waals surface area contributed by atoms with Crippen LogP contribution in [0.2, 0.25) is 0 Å². The van der Waals surface area contributed by atoms with Gasteiger partial charge < -0.3 is 5.11 Å². The fourth-order valence-electron chi connectivity index (χ4n) is 2.73. The van der Waals surface area contributed by atoms with Crippen molar-refractivity contribution in [2.45, 2.75) is 27.6 Å². The quantitative estimate of drug-likeness (QED) is 0.393. The Hall–Kier alpha value is -2.56. The van der Waals surface area contributed by atoms with Crippen LogP contribution in [0.4, 0.5) is 5.69 Å². The minimum Gasteiger partial charge on any atom is -0.506 e. The molecule has 0 saturated carbocycles. The molecule has 0 unspecified atom stereocenters. The Kier molecular flexibility index (Phi) is 5.00. The lowest BCUT2D eigenvalue weighted by atomic mass is 10.1. The molecular weight excluding hydrogens is 416 g/mol. The summed E-state index contributed by atoms with van der Waals surface area (Å²) in [4.78, 5) is 5.51. The normalized spacial score (nSPS) is 11.8. The number of nitrogens with one attached hydrogen (secondary N) is 2. The minimum absolute atomic E-state index is 0.0596. The fraction of sp³-hybridized carbons (Fsp3) is 0.111. The van der Waals surface area contributed by atoms with Crippen molar-refractivity contribution < 1.29 is 13.5 Å². The summed E-state index contributed by atoms with van der Waals surface area (Å²) in [7, 11) is -3.74. The monoisotopic (exact) mass is 432 g/mol. The first-order valence-corrected chi connectivity index (χ1v) is 11.5. The Labute approximate surface area is 169 Å². The number of hydrogen-bond donors (Lipinski definition) is 3. The van der Waals surface area contributed by atoms with Crippen molar-refractivity contribution in [3.63, 3.8) is 0 Å². The second kappa shape index (κ2) is 7.46. The van der Waals surface area contributed by atoms with Crippen molar-refractivity contribution >= 4 is 49.6 Å². The zero-order valence-electron chi connectivity index (χ0n) is 14.7. The zero-order chi connectivity index (χ0) is 19.7. The molecule has 0 atom stereocenters. The molecule has 4 rings (SSSR count). The second-order valence-corrected chi connectivity index (χ2v) is 10.00. The molecule has 0 amide bonds. The smallest absolute Gasteiger partial charge is 0.271 e. The Morgan fingerprint density at radius 2 is 2.00 bits per heavy atom. The van der Waals surface area contributed by atoms with Gasteiger partial charge in [0.05, 0.1) is 10.6 Å². The third-order valence-corrected chi connectivity index (χ3v) is 8.08. The standard InChI is InChI=1S/C18H16N4O3S3/c1-2-11-7-8-16(26-11)28(24,25)22-14-9-15(27-18-19-10-20-21-18)17(23)13-6-4-3-5-12(13)14/h3-10,22-23H,2H2,1H3,(H,19,20,21). The zero-order valence-corrected chi connectivity index (χ0v) is 17.2. The predicted octanol–water partition coefficient (Wildman–Crippen LogP) is 4.24. The van der Waals surface area contributed by atoms with E-state index in [0.29, 0.717) is 26.5 Å². The van der Waals surface area contributed by atoms with E-state index in [1.165, 1.54) is 29.4 Å². The lowest BCUT2D eigenvalue weighted by Gasteiger charge is -2.13. The minimum atomic E-state index is -3.74. The lowest BCUT2D eigenvalue weighted by molar-refractivity contribution is 0.469. The number of anilines is 1. The van der Waals surface area contributed by atoms with Gasteiger partial charge in [0.1, 0.15) is 16.3 Å². The molecule has 0 aliphatic heterocycles. The Bertz CT molecular complexity index is 1230. The van der Waals surface area contributed by atoms with Gasteiger partial charge in [-0.15, -0.1) is 11.3 Å². The molecule has 4 aromatic rings. The summed E-state index contributed by atoms with van der Waals surface area (Å²) in [5.41, 5.74) is 0.391. The molecule has 2 aromatic heterocycles. The number of aromatic nitrogens is 3. The predicted molar refractivity (Wildman–Crippen MR) is 111 cm³/mol. The van der Waals surface area contributed by atoms with E-state index in [9.17, 15) is 13.5 Å². The van der Waals surface area contributed by atoms with E-state index < -0.39 is 10.0 Å². The summed E-state index contributed by atoms with van der Waals surface area (Å²) in [6.07, 6.45) is 2.15. The maximum absolute atomic E-state index is 12.9. The van der Waals surface area contributed by atoms with Gasteiger partial charge in [0.25, 0.3) is 10.0 Å². The van der Waals surface area contributed by atoms with Gasteiger partial charge in [-0.05, 0) is 36.4 Å². The SMILES string of the molecule is CCc1ccc(S(=O)(=O)Nc2cc(Sc3ncn[nH]3)c(O)c3ccccc23)s1. The number of aromatic amines is 1. The molecule has 2 aromatic carbocycles. The topological polar surface area (TPSA) is 108 Å². The highest BCUT2D eigenvalue weighted by atomic mass is 32.2. The van der Waals surface area contributed by atoms with Gasteiger partial charge in [0, 0.05) is 15.6 Å². The first-order chi connectivity index (χ1) is 13.5. The van der Waals surface area contributed by atoms with Crippen LogP contribution in [0.25, 0.3) is 10.8 Å². The van der Waals surface area contributed by atoms with Crippen LogP contribution >= 0.6 is 23.1 Å². The van der Waals surface area contributed by atoms with Crippen molar-refractivity contribution in [2.75, 3.05) is 4.72 Å². The molecular formula is C18H16N4O3S3. The summed E-state index contributed by atoms with van der Waals surface area (Å²) in [5, 5.41) is 18.8. The molecule has 3 N–H and O–H groups in total. The van der Waals surface area contributed by atoms with Crippen LogP contribution in [0.3, 0.4) is 0 Å². The van der Waals surface area contributed by atoms with Gasteiger partial charge in [-0.3, -0.25) is 9.82 Å². The van der Waals surface area contributed by atoms with Gasteiger partial charge in [0.2, 0.25) is 0 Å². The number of hydrogen-bond acceptors (Lipinski definition) is 7. The second-order valence-electron chi connectivity index (χ2n) is 5.89. The molecule has 10 heteroatoms. The molecule has 144 valence electrons. The molecule has 2 heterocycles. The Balaban J connectivity index is 1.80. The highest BCUT2D eigenvalue weighted by Gasteiger charge is 2.20. The van der Waals surface area contributed by atoms with Gasteiger partial charge >= 0.3 is 0 Å². The first kappa shape index (κ1) is 18.8. The number of H-pyrrole nitrogens is 1. The van der Waals surface area contributed by atoms with E-state index in [2.05, 4.69) is 19.9 Å². The van der Waals surface area contributed by atoms with Crippen molar-refractivity contribution in [3.05, 3.63) is 53.7 Å². The van der Waals surface area contributed by atoms with E-state index in [4.69, 9.17) is 0 Å². The molecule has 28 heavy (non-hydrogen) atoms. The average molecular weight is 433 g/mol. The summed E-state index contributed by atoms with van der Waals surface area (Å²) in [6.45, 7) is 1.98. The number of phenolic OH excluding ortho intramolecular Hbond substituents is 1. The van der Waals surface area contributed by atoms with Gasteiger partial charge in [-0.25, -0.2) is 13.4 Å². The van der Waals surface area contributed by atoms with Crippen LogP contribution in [0.15, 0.2) is 63.1 Å².